The second kappa shape index (κ2) is 3.80. The third-order valence-electron chi connectivity index (χ3n) is 2.70. The van der Waals surface area contributed by atoms with E-state index in [-0.39, 0.29) is 0 Å². The second-order valence-corrected chi connectivity index (χ2v) is 3.37. The molecule has 1 rings (SSSR count). The van der Waals surface area contributed by atoms with Crippen LogP contribution in [0.1, 0.15) is 46.0 Å². The number of hydrogen-bond donors (Lipinski definition) is 0. The van der Waals surface area contributed by atoms with E-state index in [1.165, 1.54) is 32.1 Å². The summed E-state index contributed by atoms with van der Waals surface area (Å²) in [6, 6.07) is 0. The predicted molar refractivity (Wildman–Crippen MR) is 46.0 cm³/mol. The SMILES string of the molecule is C/C=C(\C)C1CCCCC1. The summed E-state index contributed by atoms with van der Waals surface area (Å²) in [6.07, 6.45) is 9.53. The van der Waals surface area contributed by atoms with E-state index in [0.717, 1.165) is 5.92 Å². The van der Waals surface area contributed by atoms with E-state index >= 15 is 0 Å². The van der Waals surface area contributed by atoms with Crippen LogP contribution in [0.5, 0.6) is 0 Å². The van der Waals surface area contributed by atoms with Gasteiger partial charge in [0.2, 0.25) is 0 Å². The highest BCUT2D eigenvalue weighted by Crippen LogP contribution is 2.28. The van der Waals surface area contributed by atoms with Crippen molar-refractivity contribution < 1.29 is 0 Å². The lowest BCUT2D eigenvalue weighted by molar-refractivity contribution is 0.402. The summed E-state index contributed by atoms with van der Waals surface area (Å²) < 4.78 is 0. The van der Waals surface area contributed by atoms with Crippen LogP contribution in [0.2, 0.25) is 0 Å². The summed E-state index contributed by atoms with van der Waals surface area (Å²) >= 11 is 0. The lowest BCUT2D eigenvalue weighted by atomic mass is 9.84. The molecule has 0 heterocycles. The van der Waals surface area contributed by atoms with Gasteiger partial charge in [0.1, 0.15) is 0 Å². The van der Waals surface area contributed by atoms with E-state index in [2.05, 4.69) is 19.9 Å². The van der Waals surface area contributed by atoms with E-state index < -0.39 is 0 Å². The predicted octanol–water partition coefficient (Wildman–Crippen LogP) is 3.53. The molecule has 0 radical (unpaired) electrons. The van der Waals surface area contributed by atoms with Crippen molar-refractivity contribution in [3.63, 3.8) is 0 Å². The lowest BCUT2D eigenvalue weighted by Gasteiger charge is -2.21. The monoisotopic (exact) mass is 138 g/mol. The Hall–Kier alpha value is -0.260. The Bertz CT molecular complexity index is 116. The molecule has 0 atom stereocenters. The molecule has 1 aliphatic rings. The minimum Gasteiger partial charge on any atom is -0.0885 e. The fraction of sp³-hybridized carbons (Fsp3) is 0.800. The number of hydrogen-bond acceptors (Lipinski definition) is 0. The Balaban J connectivity index is 2.39. The van der Waals surface area contributed by atoms with Gasteiger partial charge in [0.15, 0.2) is 0 Å². The summed E-state index contributed by atoms with van der Waals surface area (Å²) in [5.74, 6) is 0.929. The van der Waals surface area contributed by atoms with Gasteiger partial charge in [-0.2, -0.15) is 0 Å². The molecule has 0 saturated heterocycles. The van der Waals surface area contributed by atoms with Gasteiger partial charge in [-0.1, -0.05) is 30.9 Å². The molecule has 0 nitrogen and oxygen atoms in total. The fourth-order valence-corrected chi connectivity index (χ4v) is 1.79. The summed E-state index contributed by atoms with van der Waals surface area (Å²) in [7, 11) is 0. The highest BCUT2D eigenvalue weighted by atomic mass is 14.2. The third kappa shape index (κ3) is 1.86. The van der Waals surface area contributed by atoms with Gasteiger partial charge in [0, 0.05) is 0 Å². The summed E-state index contributed by atoms with van der Waals surface area (Å²) in [6.45, 7) is 4.43. The molecule has 1 aliphatic carbocycles. The third-order valence-corrected chi connectivity index (χ3v) is 2.70. The first-order chi connectivity index (χ1) is 4.84. The molecule has 0 bridgehead atoms. The molecule has 0 N–H and O–H groups in total. The summed E-state index contributed by atoms with van der Waals surface area (Å²) in [5, 5.41) is 0. The summed E-state index contributed by atoms with van der Waals surface area (Å²) in [5.41, 5.74) is 1.61. The molecule has 58 valence electrons. The molecule has 10 heavy (non-hydrogen) atoms. The van der Waals surface area contributed by atoms with Crippen molar-refractivity contribution in [3.05, 3.63) is 11.6 Å². The second-order valence-electron chi connectivity index (χ2n) is 3.37. The van der Waals surface area contributed by atoms with E-state index in [1.54, 1.807) is 5.57 Å². The molecule has 0 aliphatic heterocycles. The Morgan fingerprint density at radius 3 is 2.30 bits per heavy atom. The van der Waals surface area contributed by atoms with E-state index in [4.69, 9.17) is 0 Å². The van der Waals surface area contributed by atoms with Gasteiger partial charge in [-0.25, -0.2) is 0 Å². The lowest BCUT2D eigenvalue weighted by Crippen LogP contribution is -2.06. The smallest absolute Gasteiger partial charge is 0.0206 e. The Morgan fingerprint density at radius 1 is 1.20 bits per heavy atom. The maximum Gasteiger partial charge on any atom is -0.0206 e. The minimum atomic E-state index is 0.929. The van der Waals surface area contributed by atoms with Crippen molar-refractivity contribution in [2.45, 2.75) is 46.0 Å². The number of allylic oxidation sites excluding steroid dienone is 2. The molecule has 0 amide bonds. The Morgan fingerprint density at radius 2 is 1.80 bits per heavy atom. The van der Waals surface area contributed by atoms with E-state index in [0.29, 0.717) is 0 Å². The molecule has 1 fully saturated rings. The van der Waals surface area contributed by atoms with Gasteiger partial charge in [-0.3, -0.25) is 0 Å². The van der Waals surface area contributed by atoms with Crippen LogP contribution in [0.4, 0.5) is 0 Å². The highest BCUT2D eigenvalue weighted by Gasteiger charge is 2.13. The minimum absolute atomic E-state index is 0.929. The van der Waals surface area contributed by atoms with Crippen LogP contribution in [0, 0.1) is 5.92 Å². The molecule has 0 spiro atoms. The molecule has 0 heteroatoms. The van der Waals surface area contributed by atoms with Crippen LogP contribution in [0.25, 0.3) is 0 Å². The van der Waals surface area contributed by atoms with Crippen LogP contribution in [0.3, 0.4) is 0 Å². The van der Waals surface area contributed by atoms with E-state index in [1.807, 2.05) is 0 Å². The quantitative estimate of drug-likeness (QED) is 0.486. The van der Waals surface area contributed by atoms with Crippen LogP contribution >= 0.6 is 0 Å². The maximum atomic E-state index is 2.27. The van der Waals surface area contributed by atoms with Gasteiger partial charge < -0.3 is 0 Å². The van der Waals surface area contributed by atoms with Gasteiger partial charge in [-0.05, 0) is 32.6 Å². The van der Waals surface area contributed by atoms with Gasteiger partial charge in [-0.15, -0.1) is 0 Å². The van der Waals surface area contributed by atoms with Gasteiger partial charge >= 0.3 is 0 Å². The average molecular weight is 138 g/mol. The zero-order chi connectivity index (χ0) is 7.40. The van der Waals surface area contributed by atoms with Crippen LogP contribution in [0.15, 0.2) is 11.6 Å². The molecular weight excluding hydrogens is 120 g/mol. The Labute approximate surface area is 64.3 Å². The highest BCUT2D eigenvalue weighted by molar-refractivity contribution is 5.02. The normalized spacial score (nSPS) is 23.2. The fourth-order valence-electron chi connectivity index (χ4n) is 1.79. The molecule has 0 aromatic heterocycles. The molecule has 1 saturated carbocycles. The van der Waals surface area contributed by atoms with Crippen molar-refractivity contribution in [1.82, 2.24) is 0 Å². The molecular formula is C10H18. The number of rotatable bonds is 1. The van der Waals surface area contributed by atoms with Crippen LogP contribution < -0.4 is 0 Å². The first-order valence-corrected chi connectivity index (χ1v) is 4.47. The van der Waals surface area contributed by atoms with Crippen molar-refractivity contribution in [3.8, 4) is 0 Å². The van der Waals surface area contributed by atoms with Crippen molar-refractivity contribution in [2.75, 3.05) is 0 Å². The molecule has 0 unspecified atom stereocenters. The molecule has 0 aromatic rings. The van der Waals surface area contributed by atoms with Crippen molar-refractivity contribution in [1.29, 1.82) is 0 Å². The van der Waals surface area contributed by atoms with Crippen LogP contribution in [-0.4, -0.2) is 0 Å². The zero-order valence-corrected chi connectivity index (χ0v) is 7.19. The largest absolute Gasteiger partial charge is 0.0885 e. The maximum absolute atomic E-state index is 2.27. The average Bonchev–Trinajstić information content (AvgIpc) is 2.05. The van der Waals surface area contributed by atoms with Crippen LogP contribution in [-0.2, 0) is 0 Å². The van der Waals surface area contributed by atoms with Gasteiger partial charge in [0.05, 0.1) is 0 Å². The Kier molecular flexibility index (Phi) is 2.98. The first-order valence-electron chi connectivity index (χ1n) is 4.47. The standard InChI is InChI=1S/C10H18/c1-3-9(2)10-7-5-4-6-8-10/h3,10H,4-8H2,1-2H3/b9-3+. The molecule has 0 aromatic carbocycles. The van der Waals surface area contributed by atoms with Gasteiger partial charge in [0.25, 0.3) is 0 Å². The topological polar surface area (TPSA) is 0 Å². The summed E-state index contributed by atoms with van der Waals surface area (Å²) in [4.78, 5) is 0. The van der Waals surface area contributed by atoms with Crippen molar-refractivity contribution in [2.24, 2.45) is 5.92 Å². The first kappa shape index (κ1) is 7.84. The van der Waals surface area contributed by atoms with Crippen molar-refractivity contribution >= 4 is 0 Å². The zero-order valence-electron chi connectivity index (χ0n) is 7.19. The van der Waals surface area contributed by atoms with E-state index in [9.17, 15) is 0 Å².